The zero-order valence-electron chi connectivity index (χ0n) is 7.08. The number of halogens is 4. The Labute approximate surface area is 69.1 Å². The molecule has 0 aromatic carbocycles. The third kappa shape index (κ3) is 4.54. The van der Waals surface area contributed by atoms with Gasteiger partial charge < -0.3 is 5.32 Å². The summed E-state index contributed by atoms with van der Waals surface area (Å²) in [5.74, 6) is 0.0846. The lowest BCUT2D eigenvalue weighted by molar-refractivity contribution is -0.159. The van der Waals surface area contributed by atoms with Gasteiger partial charge in [0.15, 0.2) is 0 Å². The zero-order chi connectivity index (χ0) is 9.78. The fourth-order valence-corrected chi connectivity index (χ4v) is 0.636. The number of rotatable bonds is 4. The molecule has 0 heterocycles. The van der Waals surface area contributed by atoms with Crippen LogP contribution in [0.15, 0.2) is 0 Å². The third-order valence-electron chi connectivity index (χ3n) is 1.32. The van der Waals surface area contributed by atoms with Gasteiger partial charge in [-0.05, 0) is 12.5 Å². The van der Waals surface area contributed by atoms with Crippen LogP contribution in [0.3, 0.4) is 0 Å². The van der Waals surface area contributed by atoms with Crippen LogP contribution in [-0.4, -0.2) is 25.4 Å². The summed E-state index contributed by atoms with van der Waals surface area (Å²) >= 11 is 0. The van der Waals surface area contributed by atoms with Crippen molar-refractivity contribution in [1.29, 1.82) is 0 Å². The van der Waals surface area contributed by atoms with E-state index in [4.69, 9.17) is 0 Å². The monoisotopic (exact) mass is 187 g/mol. The van der Waals surface area contributed by atoms with Crippen molar-refractivity contribution in [2.45, 2.75) is 26.1 Å². The maximum absolute atomic E-state index is 11.9. The largest absolute Gasteiger partial charge is 0.406 e. The van der Waals surface area contributed by atoms with Crippen LogP contribution in [0.4, 0.5) is 17.6 Å². The van der Waals surface area contributed by atoms with Crippen molar-refractivity contribution in [1.82, 2.24) is 5.32 Å². The molecule has 0 spiro atoms. The van der Waals surface area contributed by atoms with Gasteiger partial charge in [-0.15, -0.1) is 0 Å². The van der Waals surface area contributed by atoms with Crippen molar-refractivity contribution in [3.63, 3.8) is 0 Å². The molecular formula is C7H13F4N. The van der Waals surface area contributed by atoms with Gasteiger partial charge in [0.25, 0.3) is 0 Å². The van der Waals surface area contributed by atoms with Crippen LogP contribution < -0.4 is 5.32 Å². The minimum Gasteiger partial charge on any atom is -0.304 e. The molecule has 0 bridgehead atoms. The van der Waals surface area contributed by atoms with Gasteiger partial charge >= 0.3 is 6.18 Å². The van der Waals surface area contributed by atoms with Crippen LogP contribution in [0.25, 0.3) is 0 Å². The fraction of sp³-hybridized carbons (Fsp3) is 1.00. The Hall–Kier alpha value is -0.320. The summed E-state index contributed by atoms with van der Waals surface area (Å²) < 4.78 is 47.4. The molecule has 5 heteroatoms. The summed E-state index contributed by atoms with van der Waals surface area (Å²) in [6.45, 7) is 2.29. The molecule has 1 unspecified atom stereocenters. The Balaban J connectivity index is 3.84. The van der Waals surface area contributed by atoms with Crippen molar-refractivity contribution in [3.8, 4) is 0 Å². The number of hydrogen-bond acceptors (Lipinski definition) is 1. The number of nitrogens with one attached hydrogen (secondary N) is 1. The van der Waals surface area contributed by atoms with E-state index in [-0.39, 0.29) is 12.5 Å². The Kier molecular flexibility index (Phi) is 4.52. The normalized spacial score (nSPS) is 15.2. The molecule has 0 saturated heterocycles. The predicted octanol–water partition coefficient (Wildman–Crippen LogP) is 2.13. The first-order chi connectivity index (χ1) is 5.38. The van der Waals surface area contributed by atoms with Gasteiger partial charge in [-0.2, -0.15) is 13.2 Å². The second-order valence-corrected chi connectivity index (χ2v) is 3.05. The smallest absolute Gasteiger partial charge is 0.304 e. The Morgan fingerprint density at radius 1 is 1.25 bits per heavy atom. The van der Waals surface area contributed by atoms with E-state index in [0.29, 0.717) is 0 Å². The molecule has 12 heavy (non-hydrogen) atoms. The molecule has 0 aromatic heterocycles. The highest BCUT2D eigenvalue weighted by Gasteiger charge is 2.39. The first-order valence-corrected chi connectivity index (χ1v) is 3.74. The highest BCUT2D eigenvalue weighted by Crippen LogP contribution is 2.20. The number of hydrogen-bond donors (Lipinski definition) is 1. The lowest BCUT2D eigenvalue weighted by Crippen LogP contribution is -2.45. The summed E-state index contributed by atoms with van der Waals surface area (Å²) in [6.07, 6.45) is -4.48. The molecule has 0 amide bonds. The molecule has 0 radical (unpaired) electrons. The highest BCUT2D eigenvalue weighted by atomic mass is 19.4. The molecule has 1 atom stereocenters. The van der Waals surface area contributed by atoms with E-state index >= 15 is 0 Å². The summed E-state index contributed by atoms with van der Waals surface area (Å²) in [5, 5.41) is 2.11. The topological polar surface area (TPSA) is 12.0 Å². The molecule has 1 nitrogen and oxygen atoms in total. The van der Waals surface area contributed by atoms with E-state index in [1.54, 1.807) is 13.8 Å². The molecule has 0 rings (SSSR count). The standard InChI is InChI=1S/C7H13F4N/c1-5(2)4-12-6(3-8)7(9,10)11/h5-6,12H,3-4H2,1-2H3. The van der Waals surface area contributed by atoms with E-state index < -0.39 is 18.9 Å². The van der Waals surface area contributed by atoms with Gasteiger partial charge in [-0.1, -0.05) is 13.8 Å². The van der Waals surface area contributed by atoms with Crippen LogP contribution in [0, 0.1) is 5.92 Å². The molecule has 0 saturated carbocycles. The van der Waals surface area contributed by atoms with Crippen molar-refractivity contribution in [2.75, 3.05) is 13.2 Å². The summed E-state index contributed by atoms with van der Waals surface area (Å²) in [6, 6.07) is -2.01. The molecule has 0 aromatic rings. The second kappa shape index (κ2) is 4.64. The van der Waals surface area contributed by atoms with Gasteiger partial charge in [-0.3, -0.25) is 0 Å². The molecule has 0 aliphatic carbocycles. The van der Waals surface area contributed by atoms with E-state index in [2.05, 4.69) is 5.32 Å². The fourth-order valence-electron chi connectivity index (χ4n) is 0.636. The molecule has 1 N–H and O–H groups in total. The summed E-state index contributed by atoms with van der Waals surface area (Å²) in [4.78, 5) is 0. The molecule has 0 aliphatic rings. The SMILES string of the molecule is CC(C)CNC(CF)C(F)(F)F. The van der Waals surface area contributed by atoms with Crippen molar-refractivity contribution < 1.29 is 17.6 Å². The maximum Gasteiger partial charge on any atom is 0.406 e. The first-order valence-electron chi connectivity index (χ1n) is 3.74. The van der Waals surface area contributed by atoms with Gasteiger partial charge in [0.2, 0.25) is 0 Å². The van der Waals surface area contributed by atoms with Gasteiger partial charge in [0.05, 0.1) is 0 Å². The Bertz CT molecular complexity index is 121. The average Bonchev–Trinajstić information content (AvgIpc) is 1.85. The van der Waals surface area contributed by atoms with E-state index in [1.807, 2.05) is 0 Å². The van der Waals surface area contributed by atoms with Crippen LogP contribution in [0.1, 0.15) is 13.8 Å². The molecule has 0 fully saturated rings. The third-order valence-corrected chi connectivity index (χ3v) is 1.32. The van der Waals surface area contributed by atoms with Crippen molar-refractivity contribution >= 4 is 0 Å². The van der Waals surface area contributed by atoms with Crippen molar-refractivity contribution in [3.05, 3.63) is 0 Å². The summed E-state index contributed by atoms with van der Waals surface area (Å²) in [5.41, 5.74) is 0. The van der Waals surface area contributed by atoms with Gasteiger partial charge in [-0.25, -0.2) is 4.39 Å². The minimum absolute atomic E-state index is 0.0846. The Morgan fingerprint density at radius 3 is 2.00 bits per heavy atom. The zero-order valence-corrected chi connectivity index (χ0v) is 7.08. The molecular weight excluding hydrogens is 174 g/mol. The van der Waals surface area contributed by atoms with Gasteiger partial charge in [0, 0.05) is 0 Å². The lowest BCUT2D eigenvalue weighted by Gasteiger charge is -2.19. The second-order valence-electron chi connectivity index (χ2n) is 3.05. The van der Waals surface area contributed by atoms with Crippen LogP contribution in [-0.2, 0) is 0 Å². The van der Waals surface area contributed by atoms with Crippen LogP contribution in [0.2, 0.25) is 0 Å². The van der Waals surface area contributed by atoms with E-state index in [0.717, 1.165) is 0 Å². The predicted molar refractivity (Wildman–Crippen MR) is 38.7 cm³/mol. The van der Waals surface area contributed by atoms with Gasteiger partial charge in [0.1, 0.15) is 12.7 Å². The van der Waals surface area contributed by atoms with E-state index in [9.17, 15) is 17.6 Å². The molecule has 0 aliphatic heterocycles. The highest BCUT2D eigenvalue weighted by molar-refractivity contribution is 4.74. The Morgan fingerprint density at radius 2 is 1.75 bits per heavy atom. The average molecular weight is 187 g/mol. The number of alkyl halides is 4. The van der Waals surface area contributed by atoms with Crippen LogP contribution in [0.5, 0.6) is 0 Å². The quantitative estimate of drug-likeness (QED) is 0.665. The molecule has 74 valence electrons. The minimum atomic E-state index is -4.48. The lowest BCUT2D eigenvalue weighted by atomic mass is 10.2. The summed E-state index contributed by atoms with van der Waals surface area (Å²) in [7, 11) is 0. The van der Waals surface area contributed by atoms with Crippen LogP contribution >= 0.6 is 0 Å². The maximum atomic E-state index is 11.9. The first kappa shape index (κ1) is 11.7. The van der Waals surface area contributed by atoms with E-state index in [1.165, 1.54) is 0 Å². The van der Waals surface area contributed by atoms with Crippen molar-refractivity contribution in [2.24, 2.45) is 5.92 Å².